The fraction of sp³-hybridized carbons (Fsp3) is 0.0909. The molecule has 5 aromatic rings. The normalized spacial score (nSPS) is 11.5. The van der Waals surface area contributed by atoms with Crippen LogP contribution in [0.3, 0.4) is 0 Å². The standard InChI is InChI=1S/C22H15ClN2S4/c23-16-11-14(12-26-21-24-17-5-1-3-7-19(17)28-21)9-10-15(16)13-27-22-25-18-6-2-4-8-20(18)29-22/h1-11H,12-13H2. The van der Waals surface area contributed by atoms with Crippen LogP contribution in [0.25, 0.3) is 20.4 Å². The summed E-state index contributed by atoms with van der Waals surface area (Å²) in [6.07, 6.45) is 0. The zero-order valence-electron chi connectivity index (χ0n) is 15.2. The second kappa shape index (κ2) is 8.66. The summed E-state index contributed by atoms with van der Waals surface area (Å²) in [6, 6.07) is 22.9. The van der Waals surface area contributed by atoms with E-state index in [-0.39, 0.29) is 0 Å². The number of hydrogen-bond donors (Lipinski definition) is 0. The molecule has 0 aliphatic carbocycles. The van der Waals surface area contributed by atoms with Gasteiger partial charge in [-0.1, -0.05) is 71.5 Å². The topological polar surface area (TPSA) is 25.8 Å². The summed E-state index contributed by atoms with van der Waals surface area (Å²) < 4.78 is 4.63. The summed E-state index contributed by atoms with van der Waals surface area (Å²) >= 11 is 13.5. The van der Waals surface area contributed by atoms with Crippen molar-refractivity contribution in [2.75, 3.05) is 0 Å². The first-order valence-corrected chi connectivity index (χ1v) is 13.0. The third-order valence-electron chi connectivity index (χ3n) is 4.38. The number of rotatable bonds is 6. The summed E-state index contributed by atoms with van der Waals surface area (Å²) in [5, 5.41) is 0.820. The number of benzene rings is 3. The molecule has 0 saturated heterocycles. The second-order valence-corrected chi connectivity index (χ2v) is 11.3. The first kappa shape index (κ1) is 19.4. The number of fused-ring (bicyclic) bond motifs is 2. The lowest BCUT2D eigenvalue weighted by atomic mass is 10.2. The molecule has 0 atom stereocenters. The van der Waals surface area contributed by atoms with Gasteiger partial charge in [-0.2, -0.15) is 0 Å². The van der Waals surface area contributed by atoms with Gasteiger partial charge in [-0.3, -0.25) is 0 Å². The molecule has 0 aliphatic rings. The maximum absolute atomic E-state index is 6.57. The van der Waals surface area contributed by atoms with Gasteiger partial charge in [-0.05, 0) is 41.5 Å². The third kappa shape index (κ3) is 4.47. The molecule has 29 heavy (non-hydrogen) atoms. The fourth-order valence-electron chi connectivity index (χ4n) is 2.91. The number of hydrogen-bond acceptors (Lipinski definition) is 6. The van der Waals surface area contributed by atoms with Crippen LogP contribution in [0.15, 0.2) is 75.4 Å². The molecule has 0 spiro atoms. The Kier molecular flexibility index (Phi) is 5.79. The first-order valence-electron chi connectivity index (χ1n) is 8.99. The van der Waals surface area contributed by atoms with Crippen molar-refractivity contribution < 1.29 is 0 Å². The van der Waals surface area contributed by atoms with E-state index in [0.717, 1.165) is 41.8 Å². The Morgan fingerprint density at radius 2 is 1.31 bits per heavy atom. The van der Waals surface area contributed by atoms with Crippen LogP contribution in [0.4, 0.5) is 0 Å². The Morgan fingerprint density at radius 1 is 0.724 bits per heavy atom. The molecule has 5 rings (SSSR count). The molecule has 2 heterocycles. The number of aromatic nitrogens is 2. The van der Waals surface area contributed by atoms with Crippen LogP contribution in [0.2, 0.25) is 5.02 Å². The van der Waals surface area contributed by atoms with Crippen LogP contribution in [-0.2, 0) is 11.5 Å². The molecule has 0 fully saturated rings. The zero-order chi connectivity index (χ0) is 19.6. The number of thiazole rings is 2. The predicted octanol–water partition coefficient (Wildman–Crippen LogP) is 8.14. The Labute approximate surface area is 190 Å². The van der Waals surface area contributed by atoms with Crippen molar-refractivity contribution >= 4 is 78.2 Å². The van der Waals surface area contributed by atoms with E-state index in [9.17, 15) is 0 Å². The fourth-order valence-corrected chi connectivity index (χ4v) is 7.34. The summed E-state index contributed by atoms with van der Waals surface area (Å²) in [5.74, 6) is 1.69. The van der Waals surface area contributed by atoms with Crippen LogP contribution in [-0.4, -0.2) is 9.97 Å². The summed E-state index contributed by atoms with van der Waals surface area (Å²) in [5.41, 5.74) is 4.49. The molecule has 0 amide bonds. The lowest BCUT2D eigenvalue weighted by Crippen LogP contribution is -1.87. The summed E-state index contributed by atoms with van der Waals surface area (Å²) in [6.45, 7) is 0. The van der Waals surface area contributed by atoms with Gasteiger partial charge >= 0.3 is 0 Å². The van der Waals surface area contributed by atoms with Crippen molar-refractivity contribution in [2.24, 2.45) is 0 Å². The minimum atomic E-state index is 0.820. The Morgan fingerprint density at radius 3 is 1.90 bits per heavy atom. The van der Waals surface area contributed by atoms with Gasteiger partial charge in [0, 0.05) is 16.5 Å². The Bertz CT molecular complexity index is 1230. The minimum absolute atomic E-state index is 0.820. The maximum Gasteiger partial charge on any atom is 0.151 e. The molecular weight excluding hydrogens is 456 g/mol. The van der Waals surface area contributed by atoms with Gasteiger partial charge in [0.2, 0.25) is 0 Å². The quantitative estimate of drug-likeness (QED) is 0.234. The van der Waals surface area contributed by atoms with E-state index in [0.29, 0.717) is 0 Å². The van der Waals surface area contributed by atoms with Crippen molar-refractivity contribution in [3.8, 4) is 0 Å². The monoisotopic (exact) mass is 470 g/mol. The maximum atomic E-state index is 6.57. The predicted molar refractivity (Wildman–Crippen MR) is 130 cm³/mol. The number of thioether (sulfide) groups is 2. The molecule has 0 aliphatic heterocycles. The van der Waals surface area contributed by atoms with Crippen molar-refractivity contribution in [1.82, 2.24) is 9.97 Å². The highest BCUT2D eigenvalue weighted by Crippen LogP contribution is 2.35. The van der Waals surface area contributed by atoms with Gasteiger partial charge in [0.05, 0.1) is 20.4 Å². The van der Waals surface area contributed by atoms with E-state index >= 15 is 0 Å². The molecule has 3 aromatic carbocycles. The average Bonchev–Trinajstić information content (AvgIpc) is 3.34. The molecular formula is C22H15ClN2S4. The lowest BCUT2D eigenvalue weighted by Gasteiger charge is -2.06. The van der Waals surface area contributed by atoms with Crippen molar-refractivity contribution in [3.05, 3.63) is 82.9 Å². The smallest absolute Gasteiger partial charge is 0.151 e. The first-order chi connectivity index (χ1) is 14.2. The Balaban J connectivity index is 1.23. The molecule has 2 aromatic heterocycles. The van der Waals surface area contributed by atoms with Gasteiger partial charge in [0.15, 0.2) is 8.68 Å². The van der Waals surface area contributed by atoms with Gasteiger partial charge < -0.3 is 0 Å². The molecule has 0 unspecified atom stereocenters. The van der Waals surface area contributed by atoms with Gasteiger partial charge in [-0.15, -0.1) is 22.7 Å². The SMILES string of the molecule is Clc1cc(CSc2nc3ccccc3s2)ccc1CSc1nc2ccccc2s1. The van der Waals surface area contributed by atoms with Crippen LogP contribution in [0.5, 0.6) is 0 Å². The average molecular weight is 471 g/mol. The molecule has 0 saturated carbocycles. The summed E-state index contributed by atoms with van der Waals surface area (Å²) in [7, 11) is 0. The highest BCUT2D eigenvalue weighted by Gasteiger charge is 2.09. The van der Waals surface area contributed by atoms with Crippen LogP contribution >= 0.6 is 57.8 Å². The van der Waals surface area contributed by atoms with E-state index in [1.165, 1.54) is 15.0 Å². The molecule has 144 valence electrons. The van der Waals surface area contributed by atoms with Crippen molar-refractivity contribution in [3.63, 3.8) is 0 Å². The highest BCUT2D eigenvalue weighted by atomic mass is 35.5. The van der Waals surface area contributed by atoms with Crippen molar-refractivity contribution in [1.29, 1.82) is 0 Å². The van der Waals surface area contributed by atoms with E-state index in [1.54, 1.807) is 46.2 Å². The molecule has 0 bridgehead atoms. The van der Waals surface area contributed by atoms with E-state index in [4.69, 9.17) is 11.6 Å². The van der Waals surface area contributed by atoms with E-state index in [2.05, 4.69) is 64.6 Å². The summed E-state index contributed by atoms with van der Waals surface area (Å²) in [4.78, 5) is 9.37. The van der Waals surface area contributed by atoms with E-state index < -0.39 is 0 Å². The van der Waals surface area contributed by atoms with Crippen LogP contribution in [0.1, 0.15) is 11.1 Å². The van der Waals surface area contributed by atoms with Crippen LogP contribution in [0, 0.1) is 0 Å². The van der Waals surface area contributed by atoms with Gasteiger partial charge in [-0.25, -0.2) is 9.97 Å². The number of nitrogens with zero attached hydrogens (tertiary/aromatic N) is 2. The molecule has 0 N–H and O–H groups in total. The molecule has 7 heteroatoms. The minimum Gasteiger partial charge on any atom is -0.230 e. The third-order valence-corrected chi connectivity index (χ3v) is 9.21. The Hall–Kier alpha value is -1.57. The van der Waals surface area contributed by atoms with Gasteiger partial charge in [0.25, 0.3) is 0 Å². The number of para-hydroxylation sites is 2. The lowest BCUT2D eigenvalue weighted by molar-refractivity contribution is 1.27. The van der Waals surface area contributed by atoms with Crippen LogP contribution < -0.4 is 0 Å². The van der Waals surface area contributed by atoms with E-state index in [1.807, 2.05) is 12.1 Å². The largest absolute Gasteiger partial charge is 0.230 e. The number of halogens is 1. The second-order valence-electron chi connectivity index (χ2n) is 6.40. The molecule has 2 nitrogen and oxygen atoms in total. The molecule has 0 radical (unpaired) electrons. The van der Waals surface area contributed by atoms with Crippen molar-refractivity contribution in [2.45, 2.75) is 20.2 Å². The van der Waals surface area contributed by atoms with Gasteiger partial charge in [0.1, 0.15) is 0 Å². The zero-order valence-corrected chi connectivity index (χ0v) is 19.2. The highest BCUT2D eigenvalue weighted by molar-refractivity contribution is 8.00.